The number of methoxy groups -OCH3 is 2. The van der Waals surface area contributed by atoms with Crippen LogP contribution >= 0.6 is 0 Å². The highest BCUT2D eigenvalue weighted by Gasteiger charge is 2.40. The normalized spacial score (nSPS) is 16.9. The maximum atomic E-state index is 13.6. The van der Waals surface area contributed by atoms with E-state index in [1.54, 1.807) is 33.5 Å². The number of nitrogens with zero attached hydrogens (tertiary/aromatic N) is 5. The van der Waals surface area contributed by atoms with Crippen LogP contribution in [0.15, 0.2) is 30.6 Å². The van der Waals surface area contributed by atoms with E-state index in [0.717, 1.165) is 11.6 Å². The molecule has 1 aliphatic rings. The number of hydrogen-bond donors (Lipinski definition) is 1. The molecule has 0 fully saturated rings. The van der Waals surface area contributed by atoms with E-state index in [1.807, 2.05) is 29.7 Å². The molecule has 3 heterocycles. The smallest absolute Gasteiger partial charge is 0.215 e. The highest BCUT2D eigenvalue weighted by atomic mass is 32.2. The van der Waals surface area contributed by atoms with E-state index in [9.17, 15) is 8.42 Å². The highest BCUT2D eigenvalue weighted by molar-refractivity contribution is 7.90. The van der Waals surface area contributed by atoms with Gasteiger partial charge in [-0.25, -0.2) is 23.1 Å². The number of hydrogen-bond acceptors (Lipinski definition) is 9. The molecule has 2 unspecified atom stereocenters. The average molecular weight is 575 g/mol. The highest BCUT2D eigenvalue weighted by Crippen LogP contribution is 2.40. The van der Waals surface area contributed by atoms with Crippen molar-refractivity contribution in [2.75, 3.05) is 34.0 Å². The van der Waals surface area contributed by atoms with Crippen LogP contribution in [0.25, 0.3) is 11.4 Å². The van der Waals surface area contributed by atoms with Gasteiger partial charge in [0, 0.05) is 34.1 Å². The van der Waals surface area contributed by atoms with Gasteiger partial charge in [-0.15, -0.1) is 10.2 Å². The molecular weight excluding hydrogens is 536 g/mol. The molecule has 0 saturated heterocycles. The van der Waals surface area contributed by atoms with E-state index in [0.29, 0.717) is 47.7 Å². The lowest BCUT2D eigenvalue weighted by Gasteiger charge is -2.26. The average Bonchev–Trinajstić information content (AvgIpc) is 3.24. The van der Waals surface area contributed by atoms with Gasteiger partial charge in [0.15, 0.2) is 5.82 Å². The Morgan fingerprint density at radius 2 is 1.90 bits per heavy atom. The van der Waals surface area contributed by atoms with Crippen molar-refractivity contribution >= 4 is 18.1 Å². The van der Waals surface area contributed by atoms with Crippen molar-refractivity contribution in [3.63, 3.8) is 0 Å². The zero-order valence-electron chi connectivity index (χ0n) is 23.6. The predicted octanol–water partition coefficient (Wildman–Crippen LogP) is 3.41. The van der Waals surface area contributed by atoms with Gasteiger partial charge in [0.25, 0.3) is 0 Å². The summed E-state index contributed by atoms with van der Waals surface area (Å²) in [6.07, 6.45) is 3.37. The molecule has 0 bridgehead atoms. The van der Waals surface area contributed by atoms with Crippen LogP contribution < -0.4 is 14.2 Å². The Kier molecular flexibility index (Phi) is 8.74. The maximum Gasteiger partial charge on any atom is 0.215 e. The molecule has 1 aliphatic heterocycles. The first kappa shape index (κ1) is 29.1. The summed E-state index contributed by atoms with van der Waals surface area (Å²) < 4.78 is 49.2. The van der Waals surface area contributed by atoms with Gasteiger partial charge in [0.1, 0.15) is 29.8 Å². The lowest BCUT2D eigenvalue weighted by molar-refractivity contribution is 0.123. The Morgan fingerprint density at radius 1 is 1.18 bits per heavy atom. The number of aromatic nitrogens is 5. The summed E-state index contributed by atoms with van der Waals surface area (Å²) >= 11 is 0. The van der Waals surface area contributed by atoms with Gasteiger partial charge >= 0.3 is 0 Å². The number of rotatable bonds is 11. The van der Waals surface area contributed by atoms with Crippen molar-refractivity contribution in [3.05, 3.63) is 47.8 Å². The van der Waals surface area contributed by atoms with Crippen LogP contribution in [-0.4, -0.2) is 80.5 Å². The predicted molar refractivity (Wildman–Crippen MR) is 152 cm³/mol. The van der Waals surface area contributed by atoms with Gasteiger partial charge in [0.05, 0.1) is 36.5 Å². The van der Waals surface area contributed by atoms with Crippen molar-refractivity contribution in [1.82, 2.24) is 29.5 Å². The Hall–Kier alpha value is -2.87. The monoisotopic (exact) mass is 574 g/mol. The summed E-state index contributed by atoms with van der Waals surface area (Å²) in [6, 6.07) is 6.00. The van der Waals surface area contributed by atoms with Crippen molar-refractivity contribution in [3.8, 4) is 22.9 Å². The van der Waals surface area contributed by atoms with E-state index in [2.05, 4.69) is 44.5 Å². The summed E-state index contributed by atoms with van der Waals surface area (Å²) in [7, 11) is -2.01. The molecule has 1 N–H and O–H groups in total. The van der Waals surface area contributed by atoms with Gasteiger partial charge < -0.3 is 18.8 Å². The number of fused-ring (bicyclic) bond motifs is 3. The lowest BCUT2D eigenvalue weighted by atomic mass is 10.0. The topological polar surface area (TPSA) is 130 Å². The van der Waals surface area contributed by atoms with E-state index >= 15 is 0 Å². The molecule has 39 heavy (non-hydrogen) atoms. The number of benzene rings is 1. The summed E-state index contributed by atoms with van der Waals surface area (Å²) in [6.45, 7) is 11.2. The van der Waals surface area contributed by atoms with Gasteiger partial charge in [-0.3, -0.25) is 0 Å². The molecule has 0 radical (unpaired) electrons. The Labute approximate surface area is 231 Å². The molecule has 3 aromatic rings. The quantitative estimate of drug-likeness (QED) is 0.342. The summed E-state index contributed by atoms with van der Waals surface area (Å²) in [5.74, 6) is 1.78. The number of aryl methyl sites for hydroxylation is 1. The fraction of sp³-hybridized carbons (Fsp3) is 0.538. The van der Waals surface area contributed by atoms with Crippen molar-refractivity contribution in [2.24, 2.45) is 0 Å². The third kappa shape index (κ3) is 6.48. The van der Waals surface area contributed by atoms with Crippen molar-refractivity contribution in [2.45, 2.75) is 56.7 Å². The summed E-state index contributed by atoms with van der Waals surface area (Å²) in [4.78, 5) is 9.09. The van der Waals surface area contributed by atoms with Crippen LogP contribution in [0.4, 0.5) is 0 Å². The fourth-order valence-electron chi connectivity index (χ4n) is 4.55. The summed E-state index contributed by atoms with van der Waals surface area (Å²) in [5.41, 5.74) is 1.56. The molecule has 0 aliphatic carbocycles. The van der Waals surface area contributed by atoms with Crippen LogP contribution in [-0.2, 0) is 14.8 Å². The van der Waals surface area contributed by atoms with Crippen LogP contribution in [0.1, 0.15) is 36.1 Å². The molecule has 2 aromatic heterocycles. The lowest BCUT2D eigenvalue weighted by Crippen LogP contribution is -2.40. The van der Waals surface area contributed by atoms with Gasteiger partial charge in [-0.2, -0.15) is 0 Å². The molecular formula is C26H38N6O5SSi. The maximum absolute atomic E-state index is 13.6. The largest absolute Gasteiger partial charge is 0.497 e. The SMILES string of the molecule is COC[C@@H]1COc2ccc(OC)cc2-c2nnc(C(c3ncc(C)cn3)C(C)S(=O)(=O)NCC[Si](C)(C)C)n21. The standard InChI is InChI=1S/C26H38N6O5SSi/c1-17-13-27-24(28-14-17)23(18(2)38(33,34)29-10-11-39(5,6)7)26-31-30-25-21-12-20(36-4)8-9-22(21)37-16-19(15-35-3)32(25)26/h8-9,12-14,18-19,23,29H,10-11,15-16H2,1-7H3/t18?,19-,23?/m1/s1. The van der Waals surface area contributed by atoms with Gasteiger partial charge in [-0.1, -0.05) is 19.6 Å². The second-order valence-electron chi connectivity index (χ2n) is 11.1. The zero-order valence-corrected chi connectivity index (χ0v) is 25.4. The van der Waals surface area contributed by atoms with Crippen LogP contribution in [0, 0.1) is 6.92 Å². The minimum absolute atomic E-state index is 0.280. The van der Waals surface area contributed by atoms with Crippen molar-refractivity contribution in [1.29, 1.82) is 0 Å². The number of sulfonamides is 1. The molecule has 0 saturated carbocycles. The molecule has 13 heteroatoms. The molecule has 4 rings (SSSR count). The molecule has 11 nitrogen and oxygen atoms in total. The molecule has 3 atom stereocenters. The second-order valence-corrected chi connectivity index (χ2v) is 18.8. The molecule has 0 amide bonds. The first-order valence-electron chi connectivity index (χ1n) is 13.0. The Bertz CT molecular complexity index is 1390. The van der Waals surface area contributed by atoms with E-state index in [1.165, 1.54) is 0 Å². The van der Waals surface area contributed by atoms with Gasteiger partial charge in [-0.05, 0) is 43.7 Å². The van der Waals surface area contributed by atoms with E-state index in [-0.39, 0.29) is 12.6 Å². The van der Waals surface area contributed by atoms with Crippen LogP contribution in [0.5, 0.6) is 11.5 Å². The third-order valence-corrected chi connectivity index (χ3v) is 10.4. The third-order valence-electron chi connectivity index (χ3n) is 6.80. The molecule has 1 aromatic carbocycles. The van der Waals surface area contributed by atoms with Crippen LogP contribution in [0.2, 0.25) is 25.7 Å². The van der Waals surface area contributed by atoms with E-state index in [4.69, 9.17) is 14.2 Å². The zero-order chi connectivity index (χ0) is 28.4. The fourth-order valence-corrected chi connectivity index (χ4v) is 6.86. The summed E-state index contributed by atoms with van der Waals surface area (Å²) in [5, 5.41) is 8.18. The minimum Gasteiger partial charge on any atom is -0.497 e. The van der Waals surface area contributed by atoms with Gasteiger partial charge in [0.2, 0.25) is 10.0 Å². The minimum atomic E-state index is -3.77. The molecule has 212 valence electrons. The first-order chi connectivity index (χ1) is 18.4. The first-order valence-corrected chi connectivity index (χ1v) is 18.2. The number of nitrogens with one attached hydrogen (secondary N) is 1. The second kappa shape index (κ2) is 11.7. The van der Waals surface area contributed by atoms with E-state index < -0.39 is 29.3 Å². The Morgan fingerprint density at radius 3 is 2.54 bits per heavy atom. The molecule has 0 spiro atoms. The van der Waals surface area contributed by atoms with Crippen LogP contribution in [0.3, 0.4) is 0 Å². The van der Waals surface area contributed by atoms with Crippen molar-refractivity contribution < 1.29 is 22.6 Å². The Balaban J connectivity index is 1.86. The number of ether oxygens (including phenoxy) is 3.